The van der Waals surface area contributed by atoms with Crippen LogP contribution in [0.2, 0.25) is 0 Å². The lowest BCUT2D eigenvalue weighted by Crippen LogP contribution is -2.50. The summed E-state index contributed by atoms with van der Waals surface area (Å²) in [7, 11) is -3.56. The summed E-state index contributed by atoms with van der Waals surface area (Å²) in [5.41, 5.74) is 0.246. The zero-order chi connectivity index (χ0) is 18.9. The van der Waals surface area contributed by atoms with Gasteiger partial charge in [0.1, 0.15) is 9.77 Å². The monoisotopic (exact) mass is 395 g/mol. The summed E-state index contributed by atoms with van der Waals surface area (Å²) in [4.78, 5) is 24.9. The molecule has 0 N–H and O–H groups in total. The maximum Gasteiger partial charge on any atom is 0.285 e. The molecule has 138 valence electrons. The van der Waals surface area contributed by atoms with Gasteiger partial charge in [0, 0.05) is 31.7 Å². The normalized spacial score (nSPS) is 15.8. The molecule has 0 saturated carbocycles. The predicted molar refractivity (Wildman–Crippen MR) is 96.8 cm³/mol. The largest absolute Gasteiger partial charge is 0.336 e. The molecule has 0 aliphatic carbocycles. The molecular formula is C16H17N3O5S2. The minimum Gasteiger partial charge on any atom is -0.336 e. The summed E-state index contributed by atoms with van der Waals surface area (Å²) < 4.78 is 26.7. The quantitative estimate of drug-likeness (QED) is 0.583. The molecule has 0 spiro atoms. The number of hydrogen-bond acceptors (Lipinski definition) is 6. The van der Waals surface area contributed by atoms with Crippen molar-refractivity contribution in [3.05, 3.63) is 57.0 Å². The maximum atomic E-state index is 12.7. The maximum absolute atomic E-state index is 12.7. The second-order valence-corrected chi connectivity index (χ2v) is 8.97. The van der Waals surface area contributed by atoms with Crippen LogP contribution in [0.5, 0.6) is 0 Å². The fraction of sp³-hybridized carbons (Fsp3) is 0.312. The Hall–Kier alpha value is -2.30. The van der Waals surface area contributed by atoms with Crippen molar-refractivity contribution in [1.29, 1.82) is 0 Å². The van der Waals surface area contributed by atoms with Crippen LogP contribution in [-0.2, 0) is 10.0 Å². The Morgan fingerprint density at radius 1 is 1.15 bits per heavy atom. The van der Waals surface area contributed by atoms with Gasteiger partial charge in [-0.15, -0.1) is 11.3 Å². The number of piperazine rings is 1. The third-order valence-corrected chi connectivity index (χ3v) is 7.54. The molecule has 1 saturated heterocycles. The fourth-order valence-electron chi connectivity index (χ4n) is 2.91. The highest BCUT2D eigenvalue weighted by molar-refractivity contribution is 7.91. The van der Waals surface area contributed by atoms with Crippen molar-refractivity contribution in [2.24, 2.45) is 0 Å². The van der Waals surface area contributed by atoms with Crippen molar-refractivity contribution >= 4 is 33.0 Å². The van der Waals surface area contributed by atoms with Gasteiger partial charge in [-0.25, -0.2) is 8.42 Å². The molecule has 10 heteroatoms. The topological polar surface area (TPSA) is 101 Å². The number of para-hydroxylation sites is 1. The predicted octanol–water partition coefficient (Wildman–Crippen LogP) is 2.11. The molecular weight excluding hydrogens is 378 g/mol. The smallest absolute Gasteiger partial charge is 0.285 e. The first-order valence-electron chi connectivity index (χ1n) is 7.89. The molecule has 3 rings (SSSR count). The average molecular weight is 395 g/mol. The van der Waals surface area contributed by atoms with E-state index in [2.05, 4.69) is 0 Å². The molecule has 1 aromatic heterocycles. The second kappa shape index (κ2) is 7.14. The van der Waals surface area contributed by atoms with Gasteiger partial charge in [-0.1, -0.05) is 18.2 Å². The van der Waals surface area contributed by atoms with E-state index in [0.29, 0.717) is 5.56 Å². The Kier molecular flexibility index (Phi) is 5.08. The molecule has 2 aromatic rings. The Bertz CT molecular complexity index is 933. The SMILES string of the molecule is Cc1cccc(C(=O)N2CCN(S(=O)(=O)c3cccs3)CC2)c1[N+](=O)[O-]. The highest BCUT2D eigenvalue weighted by Crippen LogP contribution is 2.26. The highest BCUT2D eigenvalue weighted by Gasteiger charge is 2.33. The number of benzene rings is 1. The lowest BCUT2D eigenvalue weighted by Gasteiger charge is -2.33. The zero-order valence-electron chi connectivity index (χ0n) is 14.0. The molecule has 8 nitrogen and oxygen atoms in total. The van der Waals surface area contributed by atoms with Crippen LogP contribution in [0, 0.1) is 17.0 Å². The average Bonchev–Trinajstić information content (AvgIpc) is 3.16. The van der Waals surface area contributed by atoms with Crippen LogP contribution in [0.15, 0.2) is 39.9 Å². The molecule has 2 heterocycles. The van der Waals surface area contributed by atoms with E-state index in [-0.39, 0.29) is 41.6 Å². The molecule has 1 aromatic carbocycles. The van der Waals surface area contributed by atoms with E-state index in [0.717, 1.165) is 11.3 Å². The third kappa shape index (κ3) is 3.35. The van der Waals surface area contributed by atoms with E-state index in [1.165, 1.54) is 15.3 Å². The number of carbonyl (C=O) groups excluding carboxylic acids is 1. The van der Waals surface area contributed by atoms with Gasteiger partial charge in [0.25, 0.3) is 21.6 Å². The molecule has 1 aliphatic heterocycles. The summed E-state index contributed by atoms with van der Waals surface area (Å²) in [6.45, 7) is 2.28. The van der Waals surface area contributed by atoms with Gasteiger partial charge in [0.15, 0.2) is 0 Å². The van der Waals surface area contributed by atoms with E-state index in [1.54, 1.807) is 36.6 Å². The second-order valence-electron chi connectivity index (χ2n) is 5.86. The Morgan fingerprint density at radius 3 is 2.42 bits per heavy atom. The van der Waals surface area contributed by atoms with Crippen LogP contribution in [-0.4, -0.2) is 54.6 Å². The summed E-state index contributed by atoms with van der Waals surface area (Å²) in [6.07, 6.45) is 0. The molecule has 1 amide bonds. The zero-order valence-corrected chi connectivity index (χ0v) is 15.6. The number of nitro groups is 1. The molecule has 0 bridgehead atoms. The van der Waals surface area contributed by atoms with E-state index in [9.17, 15) is 23.3 Å². The van der Waals surface area contributed by atoms with Gasteiger partial charge in [-0.2, -0.15) is 4.31 Å². The van der Waals surface area contributed by atoms with Crippen molar-refractivity contribution in [3.63, 3.8) is 0 Å². The minimum atomic E-state index is -3.56. The van der Waals surface area contributed by atoms with E-state index < -0.39 is 20.9 Å². The number of rotatable bonds is 4. The number of carbonyl (C=O) groups is 1. The summed E-state index contributed by atoms with van der Waals surface area (Å²) in [6, 6.07) is 7.84. The van der Waals surface area contributed by atoms with Crippen LogP contribution in [0.1, 0.15) is 15.9 Å². The molecule has 26 heavy (non-hydrogen) atoms. The first-order valence-corrected chi connectivity index (χ1v) is 10.2. The van der Waals surface area contributed by atoms with Gasteiger partial charge in [0.2, 0.25) is 0 Å². The number of thiophene rings is 1. The van der Waals surface area contributed by atoms with E-state index >= 15 is 0 Å². The van der Waals surface area contributed by atoms with Crippen molar-refractivity contribution in [1.82, 2.24) is 9.21 Å². The van der Waals surface area contributed by atoms with Gasteiger partial charge in [-0.05, 0) is 24.4 Å². The van der Waals surface area contributed by atoms with Crippen LogP contribution in [0.4, 0.5) is 5.69 Å². The minimum absolute atomic E-state index is 0.0320. The highest BCUT2D eigenvalue weighted by atomic mass is 32.2. The van der Waals surface area contributed by atoms with Gasteiger partial charge in [-0.3, -0.25) is 14.9 Å². The van der Waals surface area contributed by atoms with Gasteiger partial charge in [0.05, 0.1) is 4.92 Å². The Balaban J connectivity index is 1.76. The van der Waals surface area contributed by atoms with Crippen molar-refractivity contribution < 1.29 is 18.1 Å². The Morgan fingerprint density at radius 2 is 1.85 bits per heavy atom. The number of nitrogens with zero attached hydrogens (tertiary/aromatic N) is 3. The summed E-state index contributed by atoms with van der Waals surface area (Å²) in [5, 5.41) is 13.0. The number of nitro benzene ring substituents is 1. The van der Waals surface area contributed by atoms with Crippen molar-refractivity contribution in [2.45, 2.75) is 11.1 Å². The number of amides is 1. The van der Waals surface area contributed by atoms with E-state index in [4.69, 9.17) is 0 Å². The lowest BCUT2D eigenvalue weighted by atomic mass is 10.1. The van der Waals surface area contributed by atoms with Gasteiger partial charge < -0.3 is 4.90 Å². The molecule has 0 atom stereocenters. The number of hydrogen-bond donors (Lipinski definition) is 0. The molecule has 1 fully saturated rings. The molecule has 0 radical (unpaired) electrons. The fourth-order valence-corrected chi connectivity index (χ4v) is 5.48. The van der Waals surface area contributed by atoms with Gasteiger partial charge >= 0.3 is 0 Å². The van der Waals surface area contributed by atoms with E-state index in [1.807, 2.05) is 0 Å². The number of aryl methyl sites for hydroxylation is 1. The first kappa shape index (κ1) is 18.5. The molecule has 0 unspecified atom stereocenters. The van der Waals surface area contributed by atoms with Crippen LogP contribution in [0.25, 0.3) is 0 Å². The molecule has 1 aliphatic rings. The van der Waals surface area contributed by atoms with Crippen LogP contribution in [0.3, 0.4) is 0 Å². The van der Waals surface area contributed by atoms with Crippen LogP contribution >= 0.6 is 11.3 Å². The van der Waals surface area contributed by atoms with Crippen molar-refractivity contribution in [2.75, 3.05) is 26.2 Å². The Labute approximate surface area is 154 Å². The first-order chi connectivity index (χ1) is 12.3. The van der Waals surface area contributed by atoms with Crippen LogP contribution < -0.4 is 0 Å². The standard InChI is InChI=1S/C16H17N3O5S2/c1-12-4-2-5-13(15(12)19(21)22)16(20)17-7-9-18(10-8-17)26(23,24)14-6-3-11-25-14/h2-6,11H,7-10H2,1H3. The van der Waals surface area contributed by atoms with Crippen molar-refractivity contribution in [3.8, 4) is 0 Å². The lowest BCUT2D eigenvalue weighted by molar-refractivity contribution is -0.385. The third-order valence-electron chi connectivity index (χ3n) is 4.27. The number of sulfonamides is 1. The summed E-state index contributed by atoms with van der Waals surface area (Å²) >= 11 is 1.15. The summed E-state index contributed by atoms with van der Waals surface area (Å²) in [5.74, 6) is -0.450.